The quantitative estimate of drug-likeness (QED) is 0.0878. The molecule has 0 saturated carbocycles. The Morgan fingerprint density at radius 1 is 0.365 bits per heavy atom. The van der Waals surface area contributed by atoms with Gasteiger partial charge in [0.15, 0.2) is 0 Å². The molecule has 292 valence electrons. The monoisotopic (exact) mass is 807 g/mol. The summed E-state index contributed by atoms with van der Waals surface area (Å²) < 4.78 is 0. The van der Waals surface area contributed by atoms with Crippen LogP contribution in [0.2, 0.25) is 0 Å². The van der Waals surface area contributed by atoms with Crippen molar-refractivity contribution in [3.8, 4) is 33.8 Å². The van der Waals surface area contributed by atoms with Crippen molar-refractivity contribution in [1.82, 2.24) is 54.8 Å². The van der Waals surface area contributed by atoms with Crippen LogP contribution in [0.3, 0.4) is 0 Å². The summed E-state index contributed by atoms with van der Waals surface area (Å²) in [4.78, 5) is 54.1. The van der Waals surface area contributed by atoms with Gasteiger partial charge in [-0.2, -0.15) is 0 Å². The van der Waals surface area contributed by atoms with Gasteiger partial charge in [-0.15, -0.1) is 0 Å². The number of nitrogens with zero attached hydrogens (tertiary/aromatic N) is 7. The van der Waals surface area contributed by atoms with Crippen molar-refractivity contribution in [1.29, 1.82) is 0 Å². The first-order valence-electron chi connectivity index (χ1n) is 21.3. The van der Waals surface area contributed by atoms with E-state index in [0.29, 0.717) is 39.5 Å². The lowest BCUT2D eigenvalue weighted by molar-refractivity contribution is 1.04. The largest absolute Gasteiger partial charge is 0.358 e. The molecule has 0 saturated heterocycles. The summed E-state index contributed by atoms with van der Waals surface area (Å²) in [5.74, 6) is 0. The number of aromatic amines is 4. The third-order valence-corrected chi connectivity index (χ3v) is 13.6. The van der Waals surface area contributed by atoms with E-state index in [1.54, 1.807) is 0 Å². The van der Waals surface area contributed by atoms with Crippen LogP contribution < -0.4 is 0 Å². The second-order valence-corrected chi connectivity index (χ2v) is 17.3. The minimum atomic E-state index is 0.607. The highest BCUT2D eigenvalue weighted by Gasteiger charge is 2.26. The van der Waals surface area contributed by atoms with E-state index in [1.807, 2.05) is 0 Å². The van der Waals surface area contributed by atoms with Crippen molar-refractivity contribution in [2.75, 3.05) is 0 Å². The molecule has 1 aliphatic carbocycles. The Labute approximate surface area is 355 Å². The number of allylic oxidation sites excluding steroid dienone is 4. The highest BCUT2D eigenvalue weighted by atomic mass is 14.9. The molecule has 0 amide bonds. The van der Waals surface area contributed by atoms with Crippen LogP contribution in [-0.4, -0.2) is 54.8 Å². The number of fused-ring (bicyclic) bond motifs is 18. The van der Waals surface area contributed by atoms with E-state index in [0.717, 1.165) is 136 Å². The average Bonchev–Trinajstić information content (AvgIpc) is 4.17. The molecule has 0 unspecified atom stereocenters. The van der Waals surface area contributed by atoms with Gasteiger partial charge in [-0.1, -0.05) is 23.8 Å². The van der Waals surface area contributed by atoms with Crippen LogP contribution in [0.25, 0.3) is 140 Å². The Hall–Kier alpha value is -8.57. The molecule has 24 bridgehead atoms. The summed E-state index contributed by atoms with van der Waals surface area (Å²) >= 11 is 0. The lowest BCUT2D eigenvalue weighted by Gasteiger charge is -2.15. The molecule has 12 aromatic rings. The maximum Gasteiger partial charge on any atom is 0.120 e. The van der Waals surface area contributed by atoms with E-state index in [4.69, 9.17) is 34.9 Å². The Balaban J connectivity index is 1.20. The van der Waals surface area contributed by atoms with Crippen LogP contribution in [0.4, 0.5) is 0 Å². The van der Waals surface area contributed by atoms with Crippen LogP contribution in [0, 0.1) is 0 Å². The van der Waals surface area contributed by atoms with Crippen molar-refractivity contribution in [2.24, 2.45) is 0 Å². The average molecular weight is 808 g/mol. The molecule has 0 atom stereocenters. The molecule has 11 heteroatoms. The number of aromatic nitrogens is 11. The number of hydrogen-bond acceptors (Lipinski definition) is 7. The van der Waals surface area contributed by atoms with Crippen LogP contribution in [0.15, 0.2) is 109 Å². The van der Waals surface area contributed by atoms with Gasteiger partial charge in [0, 0.05) is 91.1 Å². The summed E-state index contributed by atoms with van der Waals surface area (Å²) in [6, 6.07) is 32.2. The Morgan fingerprint density at radius 3 is 1.54 bits per heavy atom. The second kappa shape index (κ2) is 11.2. The van der Waals surface area contributed by atoms with E-state index in [1.165, 1.54) is 11.1 Å². The third kappa shape index (κ3) is 4.34. The summed E-state index contributed by atoms with van der Waals surface area (Å²) in [6.07, 6.45) is 10.9. The summed E-state index contributed by atoms with van der Waals surface area (Å²) in [5, 5.41) is 1.80. The van der Waals surface area contributed by atoms with Crippen LogP contribution in [0.1, 0.15) is 40.5 Å². The molecule has 0 spiro atoms. The minimum Gasteiger partial charge on any atom is -0.358 e. The first-order chi connectivity index (χ1) is 31.1. The predicted octanol–water partition coefficient (Wildman–Crippen LogP) is 11.2. The minimum absolute atomic E-state index is 0.607. The van der Waals surface area contributed by atoms with Gasteiger partial charge in [0.1, 0.15) is 33.1 Å². The van der Waals surface area contributed by atoms with Crippen LogP contribution in [-0.2, 0) is 12.8 Å². The Kier molecular flexibility index (Phi) is 5.74. The van der Waals surface area contributed by atoms with Crippen molar-refractivity contribution >= 4 is 106 Å². The molecule has 11 heterocycles. The number of hydrogen-bond donors (Lipinski definition) is 4. The summed E-state index contributed by atoms with van der Waals surface area (Å²) in [7, 11) is 0. The van der Waals surface area contributed by atoms with E-state index in [2.05, 4.69) is 135 Å². The number of nitrogens with one attached hydrogen (secondary N) is 4. The van der Waals surface area contributed by atoms with E-state index < -0.39 is 0 Å². The van der Waals surface area contributed by atoms with E-state index >= 15 is 0 Å². The zero-order valence-electron chi connectivity index (χ0n) is 33.2. The van der Waals surface area contributed by atoms with Crippen molar-refractivity contribution in [3.05, 3.63) is 143 Å². The molecule has 11 nitrogen and oxygen atoms in total. The Bertz CT molecular complexity index is 4300. The van der Waals surface area contributed by atoms with Gasteiger partial charge >= 0.3 is 0 Å². The van der Waals surface area contributed by atoms with E-state index in [9.17, 15) is 0 Å². The lowest BCUT2D eigenvalue weighted by Crippen LogP contribution is -2.02. The predicted molar refractivity (Wildman–Crippen MR) is 250 cm³/mol. The summed E-state index contributed by atoms with van der Waals surface area (Å²) in [6.45, 7) is 0. The molecule has 4 aromatic carbocycles. The molecule has 8 aromatic heterocycles. The molecule has 16 rings (SSSR count). The maximum absolute atomic E-state index is 5.71. The third-order valence-electron chi connectivity index (χ3n) is 13.6. The number of rotatable bonds is 0. The first kappa shape index (κ1) is 32.2. The van der Waals surface area contributed by atoms with Gasteiger partial charge in [0.2, 0.25) is 0 Å². The van der Waals surface area contributed by atoms with Crippen molar-refractivity contribution < 1.29 is 0 Å². The van der Waals surface area contributed by atoms with Gasteiger partial charge in [0.25, 0.3) is 0 Å². The molecule has 0 radical (unpaired) electrons. The van der Waals surface area contributed by atoms with Gasteiger partial charge in [-0.25, -0.2) is 34.9 Å². The number of benzene rings is 4. The fourth-order valence-electron chi connectivity index (χ4n) is 10.6. The topological polar surface area (TPSA) is 153 Å². The SMILES string of the molecule is C1=Cc2nc1cc1ccc([nH]1)c1ccc3c4nc5c6nc7c(ccc8c7nc6c6nc7c(ccc2c7nc6c5nc41)-c1ccc([nH]1)CC1=CC=C8C1)-c1ccc([nH]1)Cc1ccc-3[nH]1. The lowest BCUT2D eigenvalue weighted by atomic mass is 9.96. The van der Waals surface area contributed by atoms with Gasteiger partial charge in [-0.3, -0.25) is 0 Å². The Morgan fingerprint density at radius 2 is 0.889 bits per heavy atom. The van der Waals surface area contributed by atoms with Gasteiger partial charge < -0.3 is 19.9 Å². The van der Waals surface area contributed by atoms with Crippen LogP contribution in [0.5, 0.6) is 0 Å². The zero-order valence-corrected chi connectivity index (χ0v) is 33.2. The highest BCUT2D eigenvalue weighted by Crippen LogP contribution is 2.43. The normalized spacial score (nSPS) is 14.6. The van der Waals surface area contributed by atoms with Crippen molar-refractivity contribution in [2.45, 2.75) is 19.3 Å². The standard InChI is InChI=1S/C52H29N11/c1-2-24-19-23(1)20-25-3-14-36(53-25)32-10-11-33-38-16-6-28(56-38)22-29-7-18-40(57-29)35-13-12-34-39-17-5-27(55-39)21-26-4-15-37(54-26)31-9-8-30(24)41-42(31)59-48-47(58-41)49-51(62-44(33)43(32)60-49)52-50(48)61-45(34)46(35)63-52/h1-18,22,53-55,57H,19-21H2. The molecule has 3 aliphatic heterocycles. The molecule has 63 heavy (non-hydrogen) atoms. The van der Waals surface area contributed by atoms with Gasteiger partial charge in [-0.05, 0) is 109 Å². The highest BCUT2D eigenvalue weighted by molar-refractivity contribution is 6.24. The zero-order chi connectivity index (χ0) is 40.7. The fraction of sp³-hybridized carbons (Fsp3) is 0.0577. The fourth-order valence-corrected chi connectivity index (χ4v) is 10.6. The van der Waals surface area contributed by atoms with Crippen molar-refractivity contribution in [3.63, 3.8) is 0 Å². The summed E-state index contributed by atoms with van der Waals surface area (Å²) in [5.41, 5.74) is 24.4. The molecular formula is C52H29N11. The molecule has 4 aliphatic rings. The molecular weight excluding hydrogens is 779 g/mol. The number of H-pyrrole nitrogens is 4. The van der Waals surface area contributed by atoms with E-state index in [-0.39, 0.29) is 0 Å². The second-order valence-electron chi connectivity index (χ2n) is 17.3. The van der Waals surface area contributed by atoms with Crippen LogP contribution >= 0.6 is 0 Å². The first-order valence-corrected chi connectivity index (χ1v) is 21.3. The maximum atomic E-state index is 5.71. The molecule has 4 N–H and O–H groups in total. The smallest absolute Gasteiger partial charge is 0.120 e. The molecule has 0 fully saturated rings. The van der Waals surface area contributed by atoms with Gasteiger partial charge in [0.05, 0.1) is 44.5 Å².